The van der Waals surface area contributed by atoms with Crippen LogP contribution in [0.1, 0.15) is 118 Å². The van der Waals surface area contributed by atoms with Crippen molar-refractivity contribution in [2.75, 3.05) is 13.2 Å². The predicted molar refractivity (Wildman–Crippen MR) is 159 cm³/mol. The lowest BCUT2D eigenvalue weighted by atomic mass is 10.0. The number of aliphatic hydroxyl groups excluding tert-OH is 1. The summed E-state index contributed by atoms with van der Waals surface area (Å²) in [6.45, 7) is 17.9. The maximum absolute atomic E-state index is 11.8. The number of hydrogen-bond acceptors (Lipinski definition) is 10. The lowest BCUT2D eigenvalue weighted by molar-refractivity contribution is 0.0996. The van der Waals surface area contributed by atoms with E-state index >= 15 is 0 Å². The summed E-state index contributed by atoms with van der Waals surface area (Å²) in [4.78, 5) is 45.7. The largest absolute Gasteiger partial charge is 0.507 e. The molecule has 0 radical (unpaired) electrons. The van der Waals surface area contributed by atoms with Gasteiger partial charge in [-0.1, -0.05) is 34.6 Å². The van der Waals surface area contributed by atoms with Crippen LogP contribution in [0.15, 0.2) is 30.6 Å². The standard InChI is InChI=1S/C18H30O5Si.C12H16O5/c1-12(9-8-10-22-24(6,7)18(3,4)5)15-11-14(20)16(13(2)19)17(21)23-15;1-7(4-3-5-13)10-6-9(15)11(8(2)14)12(16)17-10/h11-12,20H,8-10H2,1-7H3;6-7,13,15H,3-5H2,1-2H3. The molecule has 0 aromatic carbocycles. The maximum atomic E-state index is 11.8. The van der Waals surface area contributed by atoms with Gasteiger partial charge in [-0.15, -0.1) is 0 Å². The second kappa shape index (κ2) is 15.3. The van der Waals surface area contributed by atoms with Crippen LogP contribution >= 0.6 is 0 Å². The Balaban J connectivity index is 0.000000435. The van der Waals surface area contributed by atoms with Crippen molar-refractivity contribution >= 4 is 19.9 Å². The fraction of sp³-hybridized carbons (Fsp3) is 0.600. The highest BCUT2D eigenvalue weighted by Gasteiger charge is 2.36. The van der Waals surface area contributed by atoms with E-state index in [9.17, 15) is 29.4 Å². The summed E-state index contributed by atoms with van der Waals surface area (Å²) >= 11 is 0. The number of carbonyl (C=O) groups is 2. The molecule has 0 aliphatic carbocycles. The van der Waals surface area contributed by atoms with Crippen LogP contribution in [0, 0.1) is 0 Å². The minimum Gasteiger partial charge on any atom is -0.507 e. The summed E-state index contributed by atoms with van der Waals surface area (Å²) in [7, 11) is -1.75. The van der Waals surface area contributed by atoms with Gasteiger partial charge >= 0.3 is 11.3 Å². The molecule has 2 heterocycles. The van der Waals surface area contributed by atoms with Crippen molar-refractivity contribution in [3.63, 3.8) is 0 Å². The number of carbonyl (C=O) groups excluding carboxylic acids is 2. The molecule has 2 atom stereocenters. The average Bonchev–Trinajstić information content (AvgIpc) is 2.83. The number of ketones is 2. The molecule has 3 N–H and O–H groups in total. The molecule has 230 valence electrons. The van der Waals surface area contributed by atoms with E-state index in [0.717, 1.165) is 12.8 Å². The quantitative estimate of drug-likeness (QED) is 0.154. The van der Waals surface area contributed by atoms with Crippen LogP contribution in [0.4, 0.5) is 0 Å². The smallest absolute Gasteiger partial charge is 0.350 e. The third-order valence-electron chi connectivity index (χ3n) is 7.42. The monoisotopic (exact) mass is 594 g/mol. The van der Waals surface area contributed by atoms with Gasteiger partial charge in [-0.05, 0) is 57.7 Å². The molecule has 0 spiro atoms. The van der Waals surface area contributed by atoms with Gasteiger partial charge < -0.3 is 28.6 Å². The van der Waals surface area contributed by atoms with Gasteiger partial charge in [0.25, 0.3) is 0 Å². The number of hydrogen-bond donors (Lipinski definition) is 3. The molecule has 0 bridgehead atoms. The molecule has 0 amide bonds. The highest BCUT2D eigenvalue weighted by atomic mass is 28.4. The molecule has 41 heavy (non-hydrogen) atoms. The third kappa shape index (κ3) is 10.4. The van der Waals surface area contributed by atoms with Crippen LogP contribution in [0.2, 0.25) is 18.1 Å². The number of aromatic hydroxyl groups is 2. The number of aliphatic hydroxyl groups is 1. The van der Waals surface area contributed by atoms with E-state index in [-0.39, 0.29) is 46.1 Å². The Labute approximate surface area is 242 Å². The van der Waals surface area contributed by atoms with Gasteiger partial charge in [0.15, 0.2) is 19.9 Å². The molecule has 0 aliphatic heterocycles. The zero-order chi connectivity index (χ0) is 31.7. The molecule has 11 heteroatoms. The zero-order valence-corrected chi connectivity index (χ0v) is 26.8. The molecule has 2 unspecified atom stereocenters. The van der Waals surface area contributed by atoms with Crippen LogP contribution < -0.4 is 11.3 Å². The van der Waals surface area contributed by atoms with E-state index in [1.165, 1.54) is 26.0 Å². The van der Waals surface area contributed by atoms with Crippen molar-refractivity contribution in [2.24, 2.45) is 0 Å². The highest BCUT2D eigenvalue weighted by Crippen LogP contribution is 2.36. The van der Waals surface area contributed by atoms with E-state index in [2.05, 4.69) is 33.9 Å². The highest BCUT2D eigenvalue weighted by molar-refractivity contribution is 6.74. The van der Waals surface area contributed by atoms with E-state index in [4.69, 9.17) is 18.4 Å². The van der Waals surface area contributed by atoms with E-state index in [1.807, 2.05) is 13.8 Å². The van der Waals surface area contributed by atoms with Crippen LogP contribution in [-0.2, 0) is 4.43 Å². The summed E-state index contributed by atoms with van der Waals surface area (Å²) in [5.41, 5.74) is -2.19. The van der Waals surface area contributed by atoms with Crippen LogP contribution in [0.3, 0.4) is 0 Å². The van der Waals surface area contributed by atoms with Crippen LogP contribution in [-0.4, -0.2) is 48.4 Å². The Morgan fingerprint density at radius 3 is 1.56 bits per heavy atom. The van der Waals surface area contributed by atoms with Gasteiger partial charge in [0, 0.05) is 37.2 Å². The van der Waals surface area contributed by atoms with Crippen LogP contribution in [0.25, 0.3) is 0 Å². The van der Waals surface area contributed by atoms with Gasteiger partial charge in [-0.2, -0.15) is 0 Å². The van der Waals surface area contributed by atoms with Gasteiger partial charge in [0.2, 0.25) is 0 Å². The topological polar surface area (TPSA) is 164 Å². The first-order chi connectivity index (χ1) is 18.8. The molecule has 0 fully saturated rings. The van der Waals surface area contributed by atoms with Crippen LogP contribution in [0.5, 0.6) is 11.5 Å². The molecule has 0 saturated heterocycles. The van der Waals surface area contributed by atoms with Crippen molar-refractivity contribution in [1.82, 2.24) is 0 Å². The fourth-order valence-electron chi connectivity index (χ4n) is 3.75. The SMILES string of the molecule is CC(=O)c1c(O)cc(C(C)CCCO)oc1=O.CC(=O)c1c(O)cc(C(C)CCCO[Si](C)(C)C(C)(C)C)oc1=O. The fourth-order valence-corrected chi connectivity index (χ4v) is 4.83. The van der Waals surface area contributed by atoms with Gasteiger partial charge in [0.1, 0.15) is 34.1 Å². The first kappa shape index (κ1) is 36.0. The predicted octanol–water partition coefficient (Wildman–Crippen LogP) is 5.88. The molecular formula is C30H46O10Si. The second-order valence-electron chi connectivity index (χ2n) is 11.9. The van der Waals surface area contributed by atoms with E-state index in [0.29, 0.717) is 31.0 Å². The summed E-state index contributed by atoms with van der Waals surface area (Å²) < 4.78 is 16.3. The lowest BCUT2D eigenvalue weighted by Crippen LogP contribution is -2.41. The Morgan fingerprint density at radius 1 is 0.854 bits per heavy atom. The van der Waals surface area contributed by atoms with Crippen molar-refractivity contribution in [3.05, 3.63) is 55.6 Å². The van der Waals surface area contributed by atoms with Gasteiger partial charge in [-0.3, -0.25) is 9.59 Å². The molecule has 10 nitrogen and oxygen atoms in total. The van der Waals surface area contributed by atoms with Gasteiger partial charge in [0.05, 0.1) is 0 Å². The average molecular weight is 595 g/mol. The minimum absolute atomic E-state index is 0.0346. The van der Waals surface area contributed by atoms with Gasteiger partial charge in [-0.25, -0.2) is 9.59 Å². The Kier molecular flexibility index (Phi) is 13.4. The first-order valence-corrected chi connectivity index (χ1v) is 16.8. The summed E-state index contributed by atoms with van der Waals surface area (Å²) in [6, 6.07) is 2.66. The second-order valence-corrected chi connectivity index (χ2v) is 16.7. The minimum atomic E-state index is -1.75. The molecule has 0 aliphatic rings. The number of rotatable bonds is 12. The Bertz CT molecular complexity index is 1300. The van der Waals surface area contributed by atoms with Crippen molar-refractivity contribution < 1.29 is 38.2 Å². The summed E-state index contributed by atoms with van der Waals surface area (Å²) in [5, 5.41) is 28.3. The lowest BCUT2D eigenvalue weighted by Gasteiger charge is -2.36. The molecule has 0 saturated carbocycles. The van der Waals surface area contributed by atoms with E-state index in [1.54, 1.807) is 0 Å². The van der Waals surface area contributed by atoms with Crippen molar-refractivity contribution in [3.8, 4) is 11.5 Å². The normalized spacial score (nSPS) is 13.2. The van der Waals surface area contributed by atoms with Crippen molar-refractivity contribution in [1.29, 1.82) is 0 Å². The molecule has 2 rings (SSSR count). The van der Waals surface area contributed by atoms with Crippen molar-refractivity contribution in [2.45, 2.75) is 104 Å². The summed E-state index contributed by atoms with van der Waals surface area (Å²) in [5.74, 6) is -1.08. The summed E-state index contributed by atoms with van der Waals surface area (Å²) in [6.07, 6.45) is 2.83. The molecule has 2 aromatic heterocycles. The first-order valence-electron chi connectivity index (χ1n) is 13.8. The van der Waals surface area contributed by atoms with E-state index < -0.39 is 31.1 Å². The molecular weight excluding hydrogens is 548 g/mol. The third-order valence-corrected chi connectivity index (χ3v) is 12.0. The number of Topliss-reactive ketones (excluding diaryl/α,β-unsaturated/α-hetero) is 2. The Hall–Kier alpha value is -3.02. The Morgan fingerprint density at radius 2 is 1.24 bits per heavy atom. The molecule has 2 aromatic rings. The maximum Gasteiger partial charge on any atom is 0.350 e. The zero-order valence-electron chi connectivity index (χ0n) is 25.8.